The van der Waals surface area contributed by atoms with E-state index in [4.69, 9.17) is 0 Å². The van der Waals surface area contributed by atoms with Crippen LogP contribution >= 0.6 is 0 Å². The fourth-order valence-corrected chi connectivity index (χ4v) is 3.67. The highest BCUT2D eigenvalue weighted by Crippen LogP contribution is 2.28. The van der Waals surface area contributed by atoms with Crippen molar-refractivity contribution >= 4 is 11.8 Å². The summed E-state index contributed by atoms with van der Waals surface area (Å²) in [6, 6.07) is 7.98. The van der Waals surface area contributed by atoms with Crippen molar-refractivity contribution < 1.29 is 0 Å². The molecule has 7 nitrogen and oxygen atoms in total. The van der Waals surface area contributed by atoms with E-state index in [1.807, 2.05) is 50.8 Å². The van der Waals surface area contributed by atoms with Gasteiger partial charge in [0, 0.05) is 56.4 Å². The number of hydrogen-bond acceptors (Lipinski definition) is 6. The zero-order chi connectivity index (χ0) is 18.6. The molecule has 27 heavy (non-hydrogen) atoms. The van der Waals surface area contributed by atoms with Crippen molar-refractivity contribution in [2.45, 2.75) is 32.2 Å². The van der Waals surface area contributed by atoms with E-state index in [1.54, 1.807) is 0 Å². The van der Waals surface area contributed by atoms with E-state index >= 15 is 0 Å². The van der Waals surface area contributed by atoms with Crippen molar-refractivity contribution in [1.82, 2.24) is 24.5 Å². The Bertz CT molecular complexity index is 890. The monoisotopic (exact) mass is 363 g/mol. The van der Waals surface area contributed by atoms with Crippen molar-refractivity contribution in [2.24, 2.45) is 0 Å². The third-order valence-corrected chi connectivity index (χ3v) is 4.97. The third-order valence-electron chi connectivity index (χ3n) is 4.97. The first-order chi connectivity index (χ1) is 13.2. The number of rotatable bonds is 5. The normalized spacial score (nSPS) is 17.1. The van der Waals surface area contributed by atoms with Crippen molar-refractivity contribution in [2.75, 3.05) is 30.4 Å². The predicted octanol–water partition coefficient (Wildman–Crippen LogP) is 2.85. The summed E-state index contributed by atoms with van der Waals surface area (Å²) in [5.74, 6) is 3.13. The van der Waals surface area contributed by atoms with Crippen LogP contribution in [-0.4, -0.2) is 44.6 Å². The van der Waals surface area contributed by atoms with Crippen LogP contribution < -0.4 is 10.2 Å². The van der Waals surface area contributed by atoms with Crippen molar-refractivity contribution in [1.29, 1.82) is 0 Å². The van der Waals surface area contributed by atoms with Gasteiger partial charge in [-0.2, -0.15) is 4.98 Å². The number of pyridine rings is 1. The summed E-state index contributed by atoms with van der Waals surface area (Å²) in [6.07, 6.45) is 8.00. The summed E-state index contributed by atoms with van der Waals surface area (Å²) in [6.45, 7) is 4.61. The molecule has 4 rings (SSSR count). The Balaban J connectivity index is 1.54. The Morgan fingerprint density at radius 1 is 1.19 bits per heavy atom. The zero-order valence-electron chi connectivity index (χ0n) is 15.8. The van der Waals surface area contributed by atoms with Crippen LogP contribution in [0.15, 0.2) is 42.9 Å². The first kappa shape index (κ1) is 17.5. The quantitative estimate of drug-likeness (QED) is 0.752. The Hall–Kier alpha value is -2.96. The topological polar surface area (TPSA) is 71.8 Å². The van der Waals surface area contributed by atoms with Crippen molar-refractivity contribution in [3.8, 4) is 0 Å². The van der Waals surface area contributed by atoms with Crippen molar-refractivity contribution in [3.05, 3.63) is 60.1 Å². The Kier molecular flexibility index (Phi) is 5.00. The molecule has 1 aliphatic rings. The van der Waals surface area contributed by atoms with E-state index in [2.05, 4.69) is 40.8 Å². The number of aromatic nitrogens is 5. The van der Waals surface area contributed by atoms with E-state index in [0.717, 1.165) is 61.5 Å². The van der Waals surface area contributed by atoms with Crippen LogP contribution in [0.3, 0.4) is 0 Å². The molecule has 1 unspecified atom stereocenters. The minimum atomic E-state index is 0.361. The number of anilines is 2. The van der Waals surface area contributed by atoms with Gasteiger partial charge in [-0.25, -0.2) is 9.97 Å². The van der Waals surface area contributed by atoms with E-state index in [-0.39, 0.29) is 0 Å². The molecule has 3 aromatic rings. The lowest BCUT2D eigenvalue weighted by Gasteiger charge is -2.33. The number of piperidine rings is 1. The summed E-state index contributed by atoms with van der Waals surface area (Å²) < 4.78 is 2.21. The fourth-order valence-electron chi connectivity index (χ4n) is 3.67. The van der Waals surface area contributed by atoms with E-state index < -0.39 is 0 Å². The van der Waals surface area contributed by atoms with Crippen LogP contribution in [0.2, 0.25) is 0 Å². The average Bonchev–Trinajstić information content (AvgIpc) is 3.16. The third kappa shape index (κ3) is 3.92. The second kappa shape index (κ2) is 7.73. The average molecular weight is 363 g/mol. The van der Waals surface area contributed by atoms with Crippen LogP contribution in [0.4, 0.5) is 11.8 Å². The van der Waals surface area contributed by atoms with E-state index in [0.29, 0.717) is 5.92 Å². The molecule has 7 heteroatoms. The van der Waals surface area contributed by atoms with Crippen LogP contribution in [0.25, 0.3) is 0 Å². The molecular formula is C20H25N7. The maximum absolute atomic E-state index is 4.67. The largest absolute Gasteiger partial charge is 0.373 e. The van der Waals surface area contributed by atoms with Crippen molar-refractivity contribution in [3.63, 3.8) is 0 Å². The standard InChI is InChI=1S/C20H25N7/c1-15-12-18(21-2)25-20(24-15)27-10-5-6-16(13-27)19-23-9-11-26(19)14-17-7-3-4-8-22-17/h3-4,7-9,11-12,16H,5-6,10,13-14H2,1-2H3,(H,21,24,25). The summed E-state index contributed by atoms with van der Waals surface area (Å²) in [5.41, 5.74) is 2.02. The van der Waals surface area contributed by atoms with Gasteiger partial charge in [0.05, 0.1) is 12.2 Å². The van der Waals surface area contributed by atoms with Gasteiger partial charge in [-0.05, 0) is 31.9 Å². The van der Waals surface area contributed by atoms with Crippen LogP contribution in [0, 0.1) is 6.92 Å². The summed E-state index contributed by atoms with van der Waals surface area (Å²) in [7, 11) is 1.89. The molecule has 1 N–H and O–H groups in total. The van der Waals surface area contributed by atoms with Gasteiger partial charge in [-0.3, -0.25) is 4.98 Å². The lowest BCUT2D eigenvalue weighted by Crippen LogP contribution is -2.36. The molecule has 0 radical (unpaired) electrons. The molecule has 1 saturated heterocycles. The lowest BCUT2D eigenvalue weighted by atomic mass is 9.97. The zero-order valence-corrected chi connectivity index (χ0v) is 15.8. The number of nitrogens with zero attached hydrogens (tertiary/aromatic N) is 6. The molecule has 4 heterocycles. The summed E-state index contributed by atoms with van der Waals surface area (Å²) in [4.78, 5) is 20.7. The first-order valence-corrected chi connectivity index (χ1v) is 9.42. The molecule has 0 saturated carbocycles. The minimum Gasteiger partial charge on any atom is -0.373 e. The van der Waals surface area contributed by atoms with Gasteiger partial charge in [0.2, 0.25) is 5.95 Å². The van der Waals surface area contributed by atoms with E-state index in [9.17, 15) is 0 Å². The number of aryl methyl sites for hydroxylation is 1. The van der Waals surface area contributed by atoms with Gasteiger partial charge in [0.1, 0.15) is 11.6 Å². The van der Waals surface area contributed by atoms with Crippen LogP contribution in [0.1, 0.15) is 36.0 Å². The smallest absolute Gasteiger partial charge is 0.227 e. The SMILES string of the molecule is CNc1cc(C)nc(N2CCCC(c3nccn3Cc3ccccn3)C2)n1. The number of nitrogens with one attached hydrogen (secondary N) is 1. The molecular weight excluding hydrogens is 338 g/mol. The highest BCUT2D eigenvalue weighted by atomic mass is 15.3. The molecule has 0 aliphatic carbocycles. The highest BCUT2D eigenvalue weighted by molar-refractivity contribution is 5.43. The van der Waals surface area contributed by atoms with Gasteiger partial charge in [-0.15, -0.1) is 0 Å². The van der Waals surface area contributed by atoms with Gasteiger partial charge >= 0.3 is 0 Å². The summed E-state index contributed by atoms with van der Waals surface area (Å²) in [5, 5.41) is 3.12. The molecule has 0 aromatic carbocycles. The number of imidazole rings is 1. The van der Waals surface area contributed by atoms with Gasteiger partial charge in [0.25, 0.3) is 0 Å². The van der Waals surface area contributed by atoms with Gasteiger partial charge < -0.3 is 14.8 Å². The highest BCUT2D eigenvalue weighted by Gasteiger charge is 2.26. The van der Waals surface area contributed by atoms with Crippen LogP contribution in [-0.2, 0) is 6.54 Å². The predicted molar refractivity (Wildman–Crippen MR) is 106 cm³/mol. The molecule has 1 atom stereocenters. The Morgan fingerprint density at radius 3 is 2.93 bits per heavy atom. The van der Waals surface area contributed by atoms with Crippen LogP contribution in [0.5, 0.6) is 0 Å². The Morgan fingerprint density at radius 2 is 2.11 bits per heavy atom. The second-order valence-electron chi connectivity index (χ2n) is 6.96. The number of hydrogen-bond donors (Lipinski definition) is 1. The van der Waals surface area contributed by atoms with Gasteiger partial charge in [0.15, 0.2) is 0 Å². The summed E-state index contributed by atoms with van der Waals surface area (Å²) >= 11 is 0. The molecule has 0 spiro atoms. The molecule has 1 fully saturated rings. The molecule has 1 aliphatic heterocycles. The second-order valence-corrected chi connectivity index (χ2v) is 6.96. The fraction of sp³-hybridized carbons (Fsp3) is 0.400. The Labute approximate surface area is 159 Å². The molecule has 140 valence electrons. The molecule has 3 aromatic heterocycles. The molecule has 0 amide bonds. The molecule has 0 bridgehead atoms. The van der Waals surface area contributed by atoms with Gasteiger partial charge in [-0.1, -0.05) is 6.07 Å². The minimum absolute atomic E-state index is 0.361. The van der Waals surface area contributed by atoms with E-state index in [1.165, 1.54) is 0 Å². The lowest BCUT2D eigenvalue weighted by molar-refractivity contribution is 0.470. The maximum atomic E-state index is 4.67. The maximum Gasteiger partial charge on any atom is 0.227 e. The first-order valence-electron chi connectivity index (χ1n) is 9.42.